The second-order valence-corrected chi connectivity index (χ2v) is 6.07. The summed E-state index contributed by atoms with van der Waals surface area (Å²) >= 11 is 7.15. The van der Waals surface area contributed by atoms with Crippen molar-refractivity contribution >= 4 is 40.1 Å². The molecule has 1 aromatic heterocycles. The van der Waals surface area contributed by atoms with Crippen LogP contribution < -0.4 is 5.32 Å². The first-order valence-corrected chi connectivity index (χ1v) is 8.04. The van der Waals surface area contributed by atoms with Crippen LogP contribution in [0.25, 0.3) is 16.6 Å². The van der Waals surface area contributed by atoms with Crippen LogP contribution in [0, 0.1) is 0 Å². The molecule has 114 valence electrons. The molecule has 0 spiro atoms. The van der Waals surface area contributed by atoms with Gasteiger partial charge in [0.1, 0.15) is 5.01 Å². The molecule has 4 nitrogen and oxygen atoms in total. The van der Waals surface area contributed by atoms with Crippen molar-refractivity contribution in [2.75, 3.05) is 5.32 Å². The summed E-state index contributed by atoms with van der Waals surface area (Å²) in [5, 5.41) is 12.7. The molecular weight excluding hydrogens is 330 g/mol. The Morgan fingerprint density at radius 1 is 1.04 bits per heavy atom. The number of aromatic nitrogens is 2. The molecule has 0 fully saturated rings. The molecule has 1 N–H and O–H groups in total. The minimum absolute atomic E-state index is 0.254. The van der Waals surface area contributed by atoms with Crippen LogP contribution >= 0.6 is 22.9 Å². The zero-order chi connectivity index (χ0) is 16.1. The number of nitrogens with one attached hydrogen (secondary N) is 1. The van der Waals surface area contributed by atoms with Gasteiger partial charge in [0, 0.05) is 16.7 Å². The smallest absolute Gasteiger partial charge is 0.250 e. The van der Waals surface area contributed by atoms with E-state index in [1.807, 2.05) is 42.5 Å². The lowest BCUT2D eigenvalue weighted by atomic mass is 10.2. The first-order chi connectivity index (χ1) is 11.2. The Kier molecular flexibility index (Phi) is 4.80. The minimum Gasteiger partial charge on any atom is -0.297 e. The number of carbonyl (C=O) groups is 1. The lowest BCUT2D eigenvalue weighted by Gasteiger charge is -1.96. The maximum absolute atomic E-state index is 11.9. The van der Waals surface area contributed by atoms with Crippen LogP contribution in [0.2, 0.25) is 5.02 Å². The molecule has 0 aliphatic rings. The number of halogens is 1. The molecule has 1 amide bonds. The van der Waals surface area contributed by atoms with Gasteiger partial charge >= 0.3 is 0 Å². The molecule has 0 saturated heterocycles. The van der Waals surface area contributed by atoms with E-state index in [-0.39, 0.29) is 5.91 Å². The fraction of sp³-hybridized carbons (Fsp3) is 0. The molecule has 0 atom stereocenters. The molecule has 0 aliphatic heterocycles. The quantitative estimate of drug-likeness (QED) is 0.710. The number of hydrogen-bond acceptors (Lipinski definition) is 4. The summed E-state index contributed by atoms with van der Waals surface area (Å²) in [6, 6.07) is 16.9. The van der Waals surface area contributed by atoms with Crippen molar-refractivity contribution in [3.05, 3.63) is 71.3 Å². The van der Waals surface area contributed by atoms with E-state index in [2.05, 4.69) is 15.5 Å². The third-order valence-corrected chi connectivity index (χ3v) is 4.11. The minimum atomic E-state index is -0.254. The van der Waals surface area contributed by atoms with Crippen molar-refractivity contribution in [3.8, 4) is 10.6 Å². The van der Waals surface area contributed by atoms with Gasteiger partial charge in [0.2, 0.25) is 11.0 Å². The van der Waals surface area contributed by atoms with Crippen LogP contribution in [0.5, 0.6) is 0 Å². The Bertz CT molecular complexity index is 829. The third kappa shape index (κ3) is 4.25. The molecule has 0 aliphatic carbocycles. The van der Waals surface area contributed by atoms with Crippen LogP contribution in [0.15, 0.2) is 60.7 Å². The average molecular weight is 342 g/mol. The summed E-state index contributed by atoms with van der Waals surface area (Å²) in [6.45, 7) is 0. The van der Waals surface area contributed by atoms with Crippen LogP contribution in [0.3, 0.4) is 0 Å². The maximum atomic E-state index is 11.9. The zero-order valence-corrected chi connectivity index (χ0v) is 13.5. The summed E-state index contributed by atoms with van der Waals surface area (Å²) in [5.74, 6) is -0.254. The number of amides is 1. The highest BCUT2D eigenvalue weighted by Crippen LogP contribution is 2.25. The fourth-order valence-electron chi connectivity index (χ4n) is 1.86. The van der Waals surface area contributed by atoms with Gasteiger partial charge < -0.3 is 0 Å². The molecule has 0 unspecified atom stereocenters. The van der Waals surface area contributed by atoms with Gasteiger partial charge in [-0.2, -0.15) is 0 Å². The first-order valence-electron chi connectivity index (χ1n) is 6.84. The number of anilines is 1. The highest BCUT2D eigenvalue weighted by molar-refractivity contribution is 7.18. The Labute approximate surface area is 142 Å². The summed E-state index contributed by atoms with van der Waals surface area (Å²) in [7, 11) is 0. The van der Waals surface area contributed by atoms with Crippen LogP contribution in [-0.4, -0.2) is 16.1 Å². The second kappa shape index (κ2) is 7.17. The monoisotopic (exact) mass is 341 g/mol. The fourth-order valence-corrected chi connectivity index (χ4v) is 2.74. The second-order valence-electron chi connectivity index (χ2n) is 4.65. The number of rotatable bonds is 4. The normalized spacial score (nSPS) is 10.8. The number of nitrogens with zero attached hydrogens (tertiary/aromatic N) is 2. The predicted molar refractivity (Wildman–Crippen MR) is 94.5 cm³/mol. The van der Waals surface area contributed by atoms with E-state index in [1.165, 1.54) is 17.4 Å². The van der Waals surface area contributed by atoms with Gasteiger partial charge in [0.25, 0.3) is 0 Å². The summed E-state index contributed by atoms with van der Waals surface area (Å²) in [4.78, 5) is 11.9. The Morgan fingerprint density at radius 2 is 1.78 bits per heavy atom. The summed E-state index contributed by atoms with van der Waals surface area (Å²) < 4.78 is 0. The van der Waals surface area contributed by atoms with Crippen molar-refractivity contribution < 1.29 is 4.79 Å². The first kappa shape index (κ1) is 15.4. The van der Waals surface area contributed by atoms with E-state index in [0.717, 1.165) is 16.1 Å². The van der Waals surface area contributed by atoms with Crippen molar-refractivity contribution in [1.29, 1.82) is 0 Å². The zero-order valence-electron chi connectivity index (χ0n) is 11.9. The van der Waals surface area contributed by atoms with E-state index in [0.29, 0.717) is 10.2 Å². The topological polar surface area (TPSA) is 54.9 Å². The van der Waals surface area contributed by atoms with Crippen molar-refractivity contribution in [3.63, 3.8) is 0 Å². The van der Waals surface area contributed by atoms with Crippen molar-refractivity contribution in [2.45, 2.75) is 0 Å². The maximum Gasteiger partial charge on any atom is 0.250 e. The largest absolute Gasteiger partial charge is 0.297 e. The lowest BCUT2D eigenvalue weighted by Crippen LogP contribution is -2.07. The van der Waals surface area contributed by atoms with Gasteiger partial charge in [-0.25, -0.2) is 0 Å². The summed E-state index contributed by atoms with van der Waals surface area (Å²) in [6.07, 6.45) is 3.16. The van der Waals surface area contributed by atoms with E-state index < -0.39 is 0 Å². The van der Waals surface area contributed by atoms with Gasteiger partial charge in [-0.3, -0.25) is 10.1 Å². The SMILES string of the molecule is O=C(/C=C/c1ccc(Cl)cc1)Nc1nnc(-c2ccccc2)s1. The molecule has 6 heteroatoms. The molecule has 2 aromatic carbocycles. The van der Waals surface area contributed by atoms with Crippen molar-refractivity contribution in [1.82, 2.24) is 10.2 Å². The molecule has 0 radical (unpaired) electrons. The molecular formula is C17H12ClN3OS. The van der Waals surface area contributed by atoms with Crippen LogP contribution in [0.1, 0.15) is 5.56 Å². The molecule has 1 heterocycles. The highest BCUT2D eigenvalue weighted by atomic mass is 35.5. The molecule has 23 heavy (non-hydrogen) atoms. The third-order valence-electron chi connectivity index (χ3n) is 2.97. The van der Waals surface area contributed by atoms with Crippen LogP contribution in [0.4, 0.5) is 5.13 Å². The van der Waals surface area contributed by atoms with Gasteiger partial charge in [0.05, 0.1) is 0 Å². The van der Waals surface area contributed by atoms with Gasteiger partial charge in [-0.15, -0.1) is 10.2 Å². The molecule has 0 bridgehead atoms. The standard InChI is InChI=1S/C17H12ClN3OS/c18-14-9-6-12(7-10-14)8-11-15(22)19-17-21-20-16(23-17)13-4-2-1-3-5-13/h1-11H,(H,19,21,22)/b11-8+. The number of carbonyl (C=O) groups excluding carboxylic acids is 1. The Hall–Kier alpha value is -2.50. The number of hydrogen-bond donors (Lipinski definition) is 1. The van der Waals surface area contributed by atoms with Gasteiger partial charge in [-0.1, -0.05) is 65.4 Å². The molecule has 0 saturated carbocycles. The van der Waals surface area contributed by atoms with Gasteiger partial charge in [0.15, 0.2) is 0 Å². The van der Waals surface area contributed by atoms with Crippen LogP contribution in [-0.2, 0) is 4.79 Å². The number of benzene rings is 2. The Balaban J connectivity index is 1.64. The van der Waals surface area contributed by atoms with E-state index >= 15 is 0 Å². The van der Waals surface area contributed by atoms with Crippen molar-refractivity contribution in [2.24, 2.45) is 0 Å². The summed E-state index contributed by atoms with van der Waals surface area (Å²) in [5.41, 5.74) is 1.87. The van der Waals surface area contributed by atoms with Gasteiger partial charge in [-0.05, 0) is 23.8 Å². The molecule has 3 rings (SSSR count). The average Bonchev–Trinajstić information content (AvgIpc) is 3.04. The van der Waals surface area contributed by atoms with E-state index in [4.69, 9.17) is 11.6 Å². The predicted octanol–water partition coefficient (Wildman–Crippen LogP) is 4.51. The molecule has 3 aromatic rings. The lowest BCUT2D eigenvalue weighted by molar-refractivity contribution is -0.111. The Morgan fingerprint density at radius 3 is 2.52 bits per heavy atom. The highest BCUT2D eigenvalue weighted by Gasteiger charge is 2.07. The van der Waals surface area contributed by atoms with E-state index in [9.17, 15) is 4.79 Å². The van der Waals surface area contributed by atoms with E-state index in [1.54, 1.807) is 18.2 Å².